The summed E-state index contributed by atoms with van der Waals surface area (Å²) in [6, 6.07) is 14.6. The predicted molar refractivity (Wildman–Crippen MR) is 69.3 cm³/mol. The van der Waals surface area contributed by atoms with E-state index in [1.807, 2.05) is 36.4 Å². The molecule has 0 saturated carbocycles. The van der Waals surface area contributed by atoms with Gasteiger partial charge in [0.2, 0.25) is 0 Å². The number of hydrogen-bond acceptors (Lipinski definition) is 3. The van der Waals surface area contributed by atoms with Crippen LogP contribution >= 0.6 is 0 Å². The summed E-state index contributed by atoms with van der Waals surface area (Å²) in [4.78, 5) is 11.6. The van der Waals surface area contributed by atoms with Crippen LogP contribution in [0.25, 0.3) is 11.1 Å². The monoisotopic (exact) mass is 239 g/mol. The van der Waals surface area contributed by atoms with Gasteiger partial charge in [-0.05, 0) is 17.2 Å². The molecular weight excluding hydrogens is 226 g/mol. The molecule has 1 aliphatic rings. The smallest absolute Gasteiger partial charge is 0.168 e. The highest BCUT2D eigenvalue weighted by molar-refractivity contribution is 5.94. The van der Waals surface area contributed by atoms with E-state index in [9.17, 15) is 9.90 Å². The lowest BCUT2D eigenvalue weighted by Gasteiger charge is -2.28. The van der Waals surface area contributed by atoms with Gasteiger partial charge in [-0.15, -0.1) is 0 Å². The first kappa shape index (κ1) is 11.0. The summed E-state index contributed by atoms with van der Waals surface area (Å²) >= 11 is 0. The average molecular weight is 239 g/mol. The fraction of sp³-hybridized carbons (Fsp3) is 0.133. The van der Waals surface area contributed by atoms with Crippen LogP contribution in [0.3, 0.4) is 0 Å². The number of nitrogens with one attached hydrogen (secondary N) is 1. The number of carbonyl (C=O) groups is 1. The van der Waals surface area contributed by atoms with Crippen LogP contribution in [0.15, 0.2) is 48.5 Å². The summed E-state index contributed by atoms with van der Waals surface area (Å²) in [7, 11) is 0. The molecule has 1 saturated heterocycles. The molecule has 1 fully saturated rings. The number of phenols is 1. The van der Waals surface area contributed by atoms with Crippen molar-refractivity contribution in [1.82, 2.24) is 5.32 Å². The van der Waals surface area contributed by atoms with Crippen molar-refractivity contribution in [2.75, 3.05) is 6.54 Å². The lowest BCUT2D eigenvalue weighted by atomic mass is 9.89. The molecule has 90 valence electrons. The summed E-state index contributed by atoms with van der Waals surface area (Å²) in [6.45, 7) is 0.430. The summed E-state index contributed by atoms with van der Waals surface area (Å²) < 4.78 is 0. The van der Waals surface area contributed by atoms with Crippen LogP contribution in [0, 0.1) is 0 Å². The third-order valence-electron chi connectivity index (χ3n) is 3.27. The first-order valence-corrected chi connectivity index (χ1v) is 5.91. The molecule has 2 aromatic carbocycles. The molecule has 3 heteroatoms. The zero-order chi connectivity index (χ0) is 12.5. The van der Waals surface area contributed by atoms with Gasteiger partial charge < -0.3 is 5.11 Å². The van der Waals surface area contributed by atoms with Crippen molar-refractivity contribution < 1.29 is 9.90 Å². The Morgan fingerprint density at radius 1 is 1.00 bits per heavy atom. The van der Waals surface area contributed by atoms with E-state index in [0.717, 1.165) is 16.7 Å². The summed E-state index contributed by atoms with van der Waals surface area (Å²) in [5.41, 5.74) is 2.59. The second-order valence-corrected chi connectivity index (χ2v) is 4.38. The molecule has 0 aromatic heterocycles. The normalized spacial score (nSPS) is 18.4. The minimum atomic E-state index is -0.235. The first-order valence-electron chi connectivity index (χ1n) is 5.91. The molecule has 1 atom stereocenters. The fourth-order valence-corrected chi connectivity index (χ4v) is 2.27. The number of para-hydroxylation sites is 1. The Bertz CT molecular complexity index is 607. The molecule has 3 nitrogen and oxygen atoms in total. The SMILES string of the molecule is O=C1CNC1c1ccccc1-c1ccccc1O. The Hall–Kier alpha value is -2.13. The minimum Gasteiger partial charge on any atom is -0.507 e. The molecule has 2 N–H and O–H groups in total. The Kier molecular flexibility index (Phi) is 2.61. The predicted octanol–water partition coefficient (Wildman–Crippen LogP) is 2.27. The van der Waals surface area contributed by atoms with Gasteiger partial charge in [-0.25, -0.2) is 0 Å². The van der Waals surface area contributed by atoms with Crippen molar-refractivity contribution >= 4 is 5.78 Å². The molecule has 0 radical (unpaired) electrons. The van der Waals surface area contributed by atoms with E-state index in [4.69, 9.17) is 0 Å². The molecule has 1 unspecified atom stereocenters. The van der Waals surface area contributed by atoms with Crippen molar-refractivity contribution in [3.05, 3.63) is 54.1 Å². The number of carbonyl (C=O) groups excluding carboxylic acids is 1. The molecule has 0 amide bonds. The molecule has 2 aromatic rings. The number of aromatic hydroxyl groups is 1. The number of ketones is 1. The molecular formula is C15H13NO2. The van der Waals surface area contributed by atoms with Crippen molar-refractivity contribution in [2.45, 2.75) is 6.04 Å². The van der Waals surface area contributed by atoms with Crippen LogP contribution in [-0.4, -0.2) is 17.4 Å². The van der Waals surface area contributed by atoms with E-state index in [1.165, 1.54) is 0 Å². The third-order valence-corrected chi connectivity index (χ3v) is 3.27. The highest BCUT2D eigenvalue weighted by Crippen LogP contribution is 2.35. The maximum Gasteiger partial charge on any atom is 0.168 e. The van der Waals surface area contributed by atoms with Crippen LogP contribution in [0.5, 0.6) is 5.75 Å². The standard InChI is InChI=1S/C15H13NO2/c17-13-8-4-3-6-11(13)10-5-1-2-7-12(10)15-14(18)9-16-15/h1-8,15-17H,9H2. The highest BCUT2D eigenvalue weighted by atomic mass is 16.3. The number of Topliss-reactive ketones (excluding diaryl/α,β-unsaturated/α-hetero) is 1. The minimum absolute atomic E-state index is 0.192. The van der Waals surface area contributed by atoms with Gasteiger partial charge in [-0.2, -0.15) is 0 Å². The van der Waals surface area contributed by atoms with Gasteiger partial charge in [-0.1, -0.05) is 42.5 Å². The largest absolute Gasteiger partial charge is 0.507 e. The van der Waals surface area contributed by atoms with E-state index < -0.39 is 0 Å². The second-order valence-electron chi connectivity index (χ2n) is 4.38. The Morgan fingerprint density at radius 3 is 2.28 bits per heavy atom. The van der Waals surface area contributed by atoms with Crippen LogP contribution in [0.2, 0.25) is 0 Å². The van der Waals surface area contributed by atoms with Gasteiger partial charge in [0.25, 0.3) is 0 Å². The van der Waals surface area contributed by atoms with Crippen molar-refractivity contribution in [3.63, 3.8) is 0 Å². The fourth-order valence-electron chi connectivity index (χ4n) is 2.27. The van der Waals surface area contributed by atoms with Gasteiger partial charge in [0.05, 0.1) is 12.6 Å². The zero-order valence-electron chi connectivity index (χ0n) is 9.76. The van der Waals surface area contributed by atoms with Gasteiger partial charge in [0, 0.05) is 5.56 Å². The first-order chi connectivity index (χ1) is 8.77. The lowest BCUT2D eigenvalue weighted by molar-refractivity contribution is -0.125. The molecule has 3 rings (SSSR count). The van der Waals surface area contributed by atoms with E-state index in [0.29, 0.717) is 6.54 Å². The highest BCUT2D eigenvalue weighted by Gasteiger charge is 2.30. The molecule has 0 aliphatic carbocycles. The second kappa shape index (κ2) is 4.27. The number of phenolic OH excluding ortho intramolecular Hbond substituents is 1. The Morgan fingerprint density at radius 2 is 1.67 bits per heavy atom. The van der Waals surface area contributed by atoms with Gasteiger partial charge in [0.1, 0.15) is 5.75 Å². The van der Waals surface area contributed by atoms with Crippen LogP contribution < -0.4 is 5.32 Å². The van der Waals surface area contributed by atoms with E-state index in [2.05, 4.69) is 5.32 Å². The maximum absolute atomic E-state index is 11.6. The van der Waals surface area contributed by atoms with E-state index in [-0.39, 0.29) is 17.6 Å². The number of hydrogen-bond donors (Lipinski definition) is 2. The van der Waals surface area contributed by atoms with Gasteiger partial charge in [0.15, 0.2) is 5.78 Å². The molecule has 0 bridgehead atoms. The average Bonchev–Trinajstić information content (AvgIpc) is 2.39. The van der Waals surface area contributed by atoms with Crippen molar-refractivity contribution in [2.24, 2.45) is 0 Å². The molecule has 1 aliphatic heterocycles. The third kappa shape index (κ3) is 1.69. The lowest BCUT2D eigenvalue weighted by Crippen LogP contribution is -2.46. The van der Waals surface area contributed by atoms with Crippen LogP contribution in [-0.2, 0) is 4.79 Å². The zero-order valence-corrected chi connectivity index (χ0v) is 9.76. The molecule has 1 heterocycles. The Labute approximate surface area is 105 Å². The molecule has 18 heavy (non-hydrogen) atoms. The van der Waals surface area contributed by atoms with Gasteiger partial charge in [-0.3, -0.25) is 10.1 Å². The van der Waals surface area contributed by atoms with Gasteiger partial charge >= 0.3 is 0 Å². The summed E-state index contributed by atoms with van der Waals surface area (Å²) in [5, 5.41) is 13.0. The van der Waals surface area contributed by atoms with Crippen molar-refractivity contribution in [3.8, 4) is 16.9 Å². The van der Waals surface area contributed by atoms with E-state index >= 15 is 0 Å². The number of benzene rings is 2. The maximum atomic E-state index is 11.6. The number of rotatable bonds is 2. The van der Waals surface area contributed by atoms with Crippen LogP contribution in [0.4, 0.5) is 0 Å². The van der Waals surface area contributed by atoms with Crippen LogP contribution in [0.1, 0.15) is 11.6 Å². The summed E-state index contributed by atoms with van der Waals surface area (Å²) in [6.07, 6.45) is 0. The summed E-state index contributed by atoms with van der Waals surface area (Å²) in [5.74, 6) is 0.426. The quantitative estimate of drug-likeness (QED) is 0.845. The van der Waals surface area contributed by atoms with E-state index in [1.54, 1.807) is 12.1 Å². The van der Waals surface area contributed by atoms with Crippen molar-refractivity contribution in [1.29, 1.82) is 0 Å². The molecule has 0 spiro atoms. The topological polar surface area (TPSA) is 49.3 Å². The Balaban J connectivity index is 2.12.